The molecule has 100 valence electrons. The average molecular weight is 259 g/mol. The quantitative estimate of drug-likeness (QED) is 0.837. The van der Waals surface area contributed by atoms with Crippen molar-refractivity contribution in [3.8, 4) is 0 Å². The Morgan fingerprint density at radius 1 is 1.47 bits per heavy atom. The van der Waals surface area contributed by atoms with E-state index in [0.717, 1.165) is 29.9 Å². The summed E-state index contributed by atoms with van der Waals surface area (Å²) in [5, 5.41) is 2.88. The van der Waals surface area contributed by atoms with Gasteiger partial charge in [-0.25, -0.2) is 0 Å². The molecule has 1 saturated heterocycles. The molecule has 3 rings (SSSR count). The lowest BCUT2D eigenvalue weighted by Gasteiger charge is -2.21. The van der Waals surface area contributed by atoms with Gasteiger partial charge in [-0.2, -0.15) is 0 Å². The van der Waals surface area contributed by atoms with Crippen LogP contribution in [0.3, 0.4) is 0 Å². The maximum absolute atomic E-state index is 11.3. The van der Waals surface area contributed by atoms with E-state index in [1.807, 2.05) is 17.0 Å². The number of nitrogens with one attached hydrogen (secondary N) is 1. The van der Waals surface area contributed by atoms with Gasteiger partial charge in [-0.3, -0.25) is 4.79 Å². The van der Waals surface area contributed by atoms with Gasteiger partial charge in [0, 0.05) is 24.3 Å². The van der Waals surface area contributed by atoms with Crippen molar-refractivity contribution >= 4 is 17.3 Å². The maximum Gasteiger partial charge on any atom is 0.224 e. The molecule has 0 saturated carbocycles. The Bertz CT molecular complexity index is 541. The smallest absolute Gasteiger partial charge is 0.224 e. The molecule has 1 aromatic carbocycles. The molecule has 2 aliphatic rings. The number of nitrogens with zero attached hydrogens (tertiary/aromatic N) is 1. The minimum absolute atomic E-state index is 0.00300. The second kappa shape index (κ2) is 4.59. The second-order valence-corrected chi connectivity index (χ2v) is 4.87. The number of benzene rings is 1. The van der Waals surface area contributed by atoms with Gasteiger partial charge in [0.25, 0.3) is 0 Å². The first kappa shape index (κ1) is 12.0. The molecule has 0 aliphatic carbocycles. The average Bonchev–Trinajstić information content (AvgIpc) is 2.79. The van der Waals surface area contributed by atoms with Crippen molar-refractivity contribution in [2.75, 3.05) is 23.3 Å². The number of carbonyl (C=O) groups excluding carboxylic acids is 1. The van der Waals surface area contributed by atoms with Gasteiger partial charge in [-0.15, -0.1) is 0 Å². The zero-order valence-corrected chi connectivity index (χ0v) is 10.7. The zero-order chi connectivity index (χ0) is 13.4. The number of hydrogen-bond acceptors (Lipinski definition) is 4. The van der Waals surface area contributed by atoms with E-state index in [-0.39, 0.29) is 12.0 Å². The summed E-state index contributed by atoms with van der Waals surface area (Å²) in [5.41, 5.74) is 8.72. The van der Waals surface area contributed by atoms with Crippen LogP contribution in [0.25, 0.3) is 0 Å². The SMILES string of the molecule is C=C1OC(CN)CN1c1ccc2c(c1)CCC(=O)N2. The summed E-state index contributed by atoms with van der Waals surface area (Å²) >= 11 is 0. The van der Waals surface area contributed by atoms with Crippen LogP contribution >= 0.6 is 0 Å². The molecule has 5 heteroatoms. The molecule has 1 atom stereocenters. The lowest BCUT2D eigenvalue weighted by atomic mass is 10.0. The van der Waals surface area contributed by atoms with Crippen molar-refractivity contribution in [3.63, 3.8) is 0 Å². The number of nitrogens with two attached hydrogens (primary N) is 1. The predicted molar refractivity (Wildman–Crippen MR) is 73.8 cm³/mol. The molecule has 2 heterocycles. The van der Waals surface area contributed by atoms with Gasteiger partial charge in [-0.05, 0) is 36.8 Å². The molecule has 0 spiro atoms. The van der Waals surface area contributed by atoms with Crippen molar-refractivity contribution in [2.24, 2.45) is 5.73 Å². The van der Waals surface area contributed by atoms with Crippen LogP contribution in [0.4, 0.5) is 11.4 Å². The molecule has 1 fully saturated rings. The summed E-state index contributed by atoms with van der Waals surface area (Å²) in [6.45, 7) is 5.12. The third-order valence-corrected chi connectivity index (χ3v) is 3.55. The summed E-state index contributed by atoms with van der Waals surface area (Å²) in [6, 6.07) is 5.99. The van der Waals surface area contributed by atoms with Crippen LogP contribution in [0.15, 0.2) is 30.7 Å². The van der Waals surface area contributed by atoms with Gasteiger partial charge >= 0.3 is 0 Å². The van der Waals surface area contributed by atoms with Crippen LogP contribution in [0, 0.1) is 0 Å². The molecule has 1 aromatic rings. The molecule has 0 bridgehead atoms. The summed E-state index contributed by atoms with van der Waals surface area (Å²) in [4.78, 5) is 13.4. The van der Waals surface area contributed by atoms with E-state index in [9.17, 15) is 4.79 Å². The van der Waals surface area contributed by atoms with Gasteiger partial charge < -0.3 is 20.7 Å². The molecule has 1 amide bonds. The second-order valence-electron chi connectivity index (χ2n) is 4.87. The van der Waals surface area contributed by atoms with Crippen molar-refractivity contribution < 1.29 is 9.53 Å². The first-order chi connectivity index (χ1) is 9.17. The normalized spacial score (nSPS) is 21.9. The lowest BCUT2D eigenvalue weighted by molar-refractivity contribution is -0.116. The molecule has 1 unspecified atom stereocenters. The third-order valence-electron chi connectivity index (χ3n) is 3.55. The summed E-state index contributed by atoms with van der Waals surface area (Å²) < 4.78 is 5.58. The Hall–Kier alpha value is -2.01. The first-order valence-electron chi connectivity index (χ1n) is 6.43. The molecule has 0 aromatic heterocycles. The number of aryl methyl sites for hydroxylation is 1. The Labute approximate surface area is 112 Å². The van der Waals surface area contributed by atoms with Crippen LogP contribution in [0.2, 0.25) is 0 Å². The van der Waals surface area contributed by atoms with E-state index < -0.39 is 0 Å². The molecular weight excluding hydrogens is 242 g/mol. The zero-order valence-electron chi connectivity index (χ0n) is 10.7. The summed E-state index contributed by atoms with van der Waals surface area (Å²) in [7, 11) is 0. The minimum atomic E-state index is 0.00300. The number of ether oxygens (including phenoxy) is 1. The highest BCUT2D eigenvalue weighted by Crippen LogP contribution is 2.31. The van der Waals surface area contributed by atoms with Crippen molar-refractivity contribution in [2.45, 2.75) is 18.9 Å². The van der Waals surface area contributed by atoms with Gasteiger partial charge in [0.2, 0.25) is 5.91 Å². The molecule has 19 heavy (non-hydrogen) atoms. The van der Waals surface area contributed by atoms with Gasteiger partial charge in [-0.1, -0.05) is 0 Å². The minimum Gasteiger partial charge on any atom is -0.473 e. The Morgan fingerprint density at radius 3 is 3.05 bits per heavy atom. The Kier molecular flexibility index (Phi) is 2.91. The van der Waals surface area contributed by atoms with Crippen LogP contribution in [0.5, 0.6) is 0 Å². The Balaban J connectivity index is 1.86. The number of anilines is 2. The Morgan fingerprint density at radius 2 is 2.32 bits per heavy atom. The molecule has 3 N–H and O–H groups in total. The number of hydrogen-bond donors (Lipinski definition) is 2. The van der Waals surface area contributed by atoms with Gasteiger partial charge in [0.1, 0.15) is 6.10 Å². The molecule has 5 nitrogen and oxygen atoms in total. The van der Waals surface area contributed by atoms with Crippen LogP contribution in [-0.2, 0) is 16.0 Å². The number of carbonyl (C=O) groups is 1. The van der Waals surface area contributed by atoms with E-state index in [1.54, 1.807) is 0 Å². The summed E-state index contributed by atoms with van der Waals surface area (Å²) in [6.07, 6.45) is 1.32. The van der Waals surface area contributed by atoms with Gasteiger partial charge in [0.15, 0.2) is 5.88 Å². The third kappa shape index (κ3) is 2.17. The van der Waals surface area contributed by atoms with Crippen LogP contribution in [0.1, 0.15) is 12.0 Å². The van der Waals surface area contributed by atoms with E-state index in [0.29, 0.717) is 18.8 Å². The highest BCUT2D eigenvalue weighted by atomic mass is 16.5. The largest absolute Gasteiger partial charge is 0.473 e. The molecule has 2 aliphatic heterocycles. The highest BCUT2D eigenvalue weighted by molar-refractivity contribution is 5.94. The molecule has 0 radical (unpaired) electrons. The fraction of sp³-hybridized carbons (Fsp3) is 0.357. The first-order valence-corrected chi connectivity index (χ1v) is 6.43. The fourth-order valence-electron chi connectivity index (χ4n) is 2.51. The van der Waals surface area contributed by atoms with Crippen molar-refractivity contribution in [3.05, 3.63) is 36.2 Å². The van der Waals surface area contributed by atoms with Crippen LogP contribution < -0.4 is 16.0 Å². The number of amides is 1. The van der Waals surface area contributed by atoms with E-state index in [4.69, 9.17) is 10.5 Å². The standard InChI is InChI=1S/C14H17N3O2/c1-9-17(8-12(7-15)19-9)11-3-4-13-10(6-11)2-5-14(18)16-13/h3-4,6,12H,1-2,5,7-8,15H2,(H,16,18). The topological polar surface area (TPSA) is 67.6 Å². The monoisotopic (exact) mass is 259 g/mol. The van der Waals surface area contributed by atoms with Gasteiger partial charge in [0.05, 0.1) is 6.54 Å². The number of fused-ring (bicyclic) bond motifs is 1. The van der Waals surface area contributed by atoms with Crippen molar-refractivity contribution in [1.82, 2.24) is 0 Å². The fourth-order valence-corrected chi connectivity index (χ4v) is 2.51. The highest BCUT2D eigenvalue weighted by Gasteiger charge is 2.27. The molecular formula is C14H17N3O2. The van der Waals surface area contributed by atoms with E-state index >= 15 is 0 Å². The van der Waals surface area contributed by atoms with Crippen molar-refractivity contribution in [1.29, 1.82) is 0 Å². The van der Waals surface area contributed by atoms with E-state index in [2.05, 4.69) is 18.0 Å². The lowest BCUT2D eigenvalue weighted by Crippen LogP contribution is -2.26. The van der Waals surface area contributed by atoms with E-state index in [1.165, 1.54) is 0 Å². The summed E-state index contributed by atoms with van der Waals surface area (Å²) in [5.74, 6) is 0.715. The van der Waals surface area contributed by atoms with Crippen LogP contribution in [-0.4, -0.2) is 25.1 Å². The maximum atomic E-state index is 11.3. The number of rotatable bonds is 2. The predicted octanol–water partition coefficient (Wildman–Crippen LogP) is 1.21.